The number of hydrogen-bond acceptors (Lipinski definition) is 4. The van der Waals surface area contributed by atoms with Gasteiger partial charge < -0.3 is 9.64 Å². The highest BCUT2D eigenvalue weighted by Gasteiger charge is 2.60. The molecule has 7 unspecified atom stereocenters. The largest absolute Gasteiger partial charge is 0.497 e. The van der Waals surface area contributed by atoms with Crippen LogP contribution in [0.4, 0.5) is 0 Å². The third-order valence-corrected chi connectivity index (χ3v) is 10.0. The van der Waals surface area contributed by atoms with Gasteiger partial charge in [-0.1, -0.05) is 58.1 Å². The molecule has 0 bridgehead atoms. The molecule has 5 heteroatoms. The van der Waals surface area contributed by atoms with Crippen molar-refractivity contribution in [3.05, 3.63) is 42.0 Å². The second-order valence-corrected chi connectivity index (χ2v) is 11.2. The summed E-state index contributed by atoms with van der Waals surface area (Å²) in [7, 11) is 1.68. The first-order valence-electron chi connectivity index (χ1n) is 13.7. The van der Waals surface area contributed by atoms with Crippen LogP contribution in [0.15, 0.2) is 36.4 Å². The number of nitriles is 1. The van der Waals surface area contributed by atoms with Gasteiger partial charge in [0.05, 0.1) is 13.2 Å². The van der Waals surface area contributed by atoms with E-state index in [9.17, 15) is 10.1 Å². The van der Waals surface area contributed by atoms with E-state index in [1.54, 1.807) is 7.11 Å². The molecule has 1 heterocycles. The van der Waals surface area contributed by atoms with Crippen LogP contribution < -0.4 is 4.74 Å². The normalized spacial score (nSPS) is 36.1. The van der Waals surface area contributed by atoms with Gasteiger partial charge in [0.2, 0.25) is 5.91 Å². The average Bonchev–Trinajstić information content (AvgIpc) is 3.25. The van der Waals surface area contributed by atoms with Gasteiger partial charge in [0.25, 0.3) is 0 Å². The summed E-state index contributed by atoms with van der Waals surface area (Å²) in [6.07, 6.45) is 12.1. The van der Waals surface area contributed by atoms with Crippen LogP contribution in [0.3, 0.4) is 0 Å². The summed E-state index contributed by atoms with van der Waals surface area (Å²) < 4.78 is 5.30. The minimum Gasteiger partial charge on any atom is -0.497 e. The molecular formula is C31H44N2O2S. The third kappa shape index (κ3) is 4.86. The lowest BCUT2D eigenvalue weighted by atomic mass is 9.47. The third-order valence-electron chi connectivity index (χ3n) is 10.0. The second kappa shape index (κ2) is 11.9. The number of ether oxygens (including phenoxy) is 1. The number of fused-ring (bicyclic) bond motifs is 5. The fraction of sp³-hybridized carbons (Fsp3) is 0.645. The zero-order valence-corrected chi connectivity index (χ0v) is 23.7. The molecule has 0 radical (unpaired) electrons. The number of carbonyl (C=O) groups is 1. The van der Waals surface area contributed by atoms with Crippen molar-refractivity contribution in [3.8, 4) is 11.8 Å². The number of nitrogens with zero attached hydrogens (tertiary/aromatic N) is 2. The van der Waals surface area contributed by atoms with Crippen LogP contribution in [-0.2, 0) is 11.3 Å². The molecule has 196 valence electrons. The fourth-order valence-electron chi connectivity index (χ4n) is 8.27. The Balaban J connectivity index is 0.000000861. The Kier molecular flexibility index (Phi) is 9.39. The number of benzene rings is 1. The van der Waals surface area contributed by atoms with Crippen molar-refractivity contribution < 1.29 is 9.53 Å². The molecule has 3 fully saturated rings. The molecule has 0 saturated heterocycles. The maximum Gasteiger partial charge on any atom is 0.246 e. The van der Waals surface area contributed by atoms with E-state index in [4.69, 9.17) is 4.74 Å². The first-order valence-corrected chi connectivity index (χ1v) is 14.3. The molecular weight excluding hydrogens is 464 g/mol. The monoisotopic (exact) mass is 508 g/mol. The van der Waals surface area contributed by atoms with Crippen molar-refractivity contribution in [2.45, 2.75) is 85.2 Å². The van der Waals surface area contributed by atoms with Gasteiger partial charge in [0, 0.05) is 24.4 Å². The summed E-state index contributed by atoms with van der Waals surface area (Å²) in [4.78, 5) is 15.1. The van der Waals surface area contributed by atoms with E-state index in [0.29, 0.717) is 30.2 Å². The van der Waals surface area contributed by atoms with Gasteiger partial charge in [-0.15, -0.1) is 0 Å². The summed E-state index contributed by atoms with van der Waals surface area (Å²) in [5, 5.41) is 9.36. The molecule has 5 rings (SSSR count). The lowest BCUT2D eigenvalue weighted by Gasteiger charge is -2.60. The Morgan fingerprint density at radius 2 is 1.78 bits per heavy atom. The smallest absolute Gasteiger partial charge is 0.246 e. The fourth-order valence-corrected chi connectivity index (χ4v) is 8.27. The Morgan fingerprint density at radius 3 is 2.42 bits per heavy atom. The zero-order chi connectivity index (χ0) is 26.5. The van der Waals surface area contributed by atoms with Crippen LogP contribution >= 0.6 is 12.2 Å². The summed E-state index contributed by atoms with van der Waals surface area (Å²) in [5.74, 6) is 6.48. The highest BCUT2D eigenvalue weighted by molar-refractivity contribution is 7.77. The summed E-state index contributed by atoms with van der Waals surface area (Å²) >= 11 is 3.83. The van der Waals surface area contributed by atoms with Gasteiger partial charge in [-0.3, -0.25) is 4.79 Å². The van der Waals surface area contributed by atoms with Gasteiger partial charge in [0.1, 0.15) is 5.75 Å². The van der Waals surface area contributed by atoms with Crippen molar-refractivity contribution in [1.82, 2.24) is 4.90 Å². The minimum absolute atomic E-state index is 0.0396. The van der Waals surface area contributed by atoms with Gasteiger partial charge in [-0.05, 0) is 97.3 Å². The predicted octanol–water partition coefficient (Wildman–Crippen LogP) is 7.38. The summed E-state index contributed by atoms with van der Waals surface area (Å²) in [6.45, 7) is 9.56. The summed E-state index contributed by atoms with van der Waals surface area (Å²) in [5.41, 5.74) is 1.53. The topological polar surface area (TPSA) is 53.3 Å². The number of rotatable bonds is 4. The molecule has 4 aliphatic rings. The second-order valence-electron chi connectivity index (χ2n) is 11.2. The molecule has 1 aromatic rings. The molecule has 4 nitrogen and oxygen atoms in total. The molecule has 0 aromatic heterocycles. The van der Waals surface area contributed by atoms with Crippen LogP contribution in [-0.4, -0.2) is 29.8 Å². The van der Waals surface area contributed by atoms with E-state index in [2.05, 4.69) is 61.1 Å². The van der Waals surface area contributed by atoms with E-state index in [1.807, 2.05) is 32.1 Å². The zero-order valence-electron chi connectivity index (χ0n) is 22.8. The molecule has 36 heavy (non-hydrogen) atoms. The molecule has 1 amide bonds. The standard InChI is InChI=1S/C28H36N2O2.C2H6.CH2S/c1-27-15-12-24-22(23(27)10-6-20(27)14-17-29)9-11-25-28(24,2)16-13-26(31)30(25)18-19-4-7-21(32-3)8-5-19;2*1-2/h4-5,7-8,13,16,20,22-25H,6,9-12,14-15,18H2,1-3H3;1-2H3;1H2. The Bertz CT molecular complexity index is 970. The van der Waals surface area contributed by atoms with E-state index in [1.165, 1.54) is 32.1 Å². The SMILES string of the molecule is C=S.CC.COc1ccc(CN2C(=O)C=CC3(C)C4CCC5(C)C(CC#N)CCC5C4CCC23)cc1. The van der Waals surface area contributed by atoms with Crippen molar-refractivity contribution >= 4 is 24.0 Å². The van der Waals surface area contributed by atoms with E-state index < -0.39 is 0 Å². The van der Waals surface area contributed by atoms with E-state index in [-0.39, 0.29) is 17.4 Å². The highest BCUT2D eigenvalue weighted by Crippen LogP contribution is 2.66. The Hall–Kier alpha value is -2.19. The number of methoxy groups -OCH3 is 1. The maximum absolute atomic E-state index is 13.0. The van der Waals surface area contributed by atoms with Crippen LogP contribution in [0, 0.1) is 45.8 Å². The Morgan fingerprint density at radius 1 is 1.08 bits per heavy atom. The quantitative estimate of drug-likeness (QED) is 0.398. The number of thiocarbonyl (C=S) groups is 1. The predicted molar refractivity (Wildman–Crippen MR) is 151 cm³/mol. The number of hydrogen-bond donors (Lipinski definition) is 0. The van der Waals surface area contributed by atoms with Crippen molar-refractivity contribution in [2.75, 3.05) is 7.11 Å². The van der Waals surface area contributed by atoms with Crippen molar-refractivity contribution in [1.29, 1.82) is 5.26 Å². The summed E-state index contributed by atoms with van der Waals surface area (Å²) in [6, 6.07) is 10.9. The van der Waals surface area contributed by atoms with Crippen LogP contribution in [0.1, 0.15) is 78.2 Å². The van der Waals surface area contributed by atoms with Gasteiger partial charge in [-0.25, -0.2) is 0 Å². The van der Waals surface area contributed by atoms with E-state index in [0.717, 1.165) is 29.6 Å². The maximum atomic E-state index is 13.0. The number of amides is 1. The van der Waals surface area contributed by atoms with Gasteiger partial charge >= 0.3 is 0 Å². The van der Waals surface area contributed by atoms with Crippen LogP contribution in [0.2, 0.25) is 0 Å². The first-order chi connectivity index (χ1) is 17.4. The van der Waals surface area contributed by atoms with Gasteiger partial charge in [-0.2, -0.15) is 5.26 Å². The van der Waals surface area contributed by atoms with Gasteiger partial charge in [0.15, 0.2) is 0 Å². The molecule has 3 saturated carbocycles. The van der Waals surface area contributed by atoms with Crippen LogP contribution in [0.25, 0.3) is 0 Å². The lowest BCUT2D eigenvalue weighted by molar-refractivity contribution is -0.142. The van der Waals surface area contributed by atoms with Crippen molar-refractivity contribution in [3.63, 3.8) is 0 Å². The van der Waals surface area contributed by atoms with E-state index >= 15 is 0 Å². The molecule has 0 N–H and O–H groups in total. The molecule has 3 aliphatic carbocycles. The lowest BCUT2D eigenvalue weighted by Crippen LogP contribution is -2.60. The van der Waals surface area contributed by atoms with Crippen LogP contribution in [0.5, 0.6) is 5.75 Å². The van der Waals surface area contributed by atoms with Crippen molar-refractivity contribution in [2.24, 2.45) is 34.5 Å². The molecule has 1 aromatic carbocycles. The Labute approximate surface area is 224 Å². The first kappa shape index (κ1) is 28.4. The molecule has 0 spiro atoms. The highest BCUT2D eigenvalue weighted by atomic mass is 32.1. The average molecular weight is 509 g/mol. The molecule has 7 atom stereocenters. The minimum atomic E-state index is 0.0396. The number of carbonyl (C=O) groups excluding carboxylic acids is 1. The molecule has 1 aliphatic heterocycles.